The summed E-state index contributed by atoms with van der Waals surface area (Å²) in [7, 11) is 0. The van der Waals surface area contributed by atoms with E-state index in [1.165, 1.54) is 21.7 Å². The van der Waals surface area contributed by atoms with E-state index in [2.05, 4.69) is 15.4 Å². The molecule has 2 aromatic heterocycles. The Morgan fingerprint density at radius 2 is 1.84 bits per heavy atom. The van der Waals surface area contributed by atoms with E-state index in [0.29, 0.717) is 18.7 Å². The lowest BCUT2D eigenvalue weighted by molar-refractivity contribution is -0.137. The minimum absolute atomic E-state index is 0.0392. The van der Waals surface area contributed by atoms with Gasteiger partial charge in [0, 0.05) is 38.1 Å². The molecule has 0 atom stereocenters. The molecule has 0 aliphatic carbocycles. The first kappa shape index (κ1) is 20.6. The molecule has 0 saturated carbocycles. The van der Waals surface area contributed by atoms with E-state index in [1.54, 1.807) is 30.6 Å². The Hall–Kier alpha value is -3.69. The highest BCUT2D eigenvalue weighted by Gasteiger charge is 2.31. The Morgan fingerprint density at radius 1 is 1.06 bits per heavy atom. The average molecular weight is 429 g/mol. The number of amides is 2. The summed E-state index contributed by atoms with van der Waals surface area (Å²) in [6, 6.07) is 9.85. The number of nitrogens with zero attached hydrogens (tertiary/aromatic N) is 4. The van der Waals surface area contributed by atoms with E-state index in [9.17, 15) is 22.8 Å². The number of benzene rings is 1. The zero-order valence-corrected chi connectivity index (χ0v) is 16.3. The average Bonchev–Trinajstić information content (AvgIpc) is 3.20. The van der Waals surface area contributed by atoms with Crippen molar-refractivity contribution in [3.8, 4) is 0 Å². The first-order valence-electron chi connectivity index (χ1n) is 9.51. The van der Waals surface area contributed by atoms with Crippen LogP contribution in [0.3, 0.4) is 0 Å². The van der Waals surface area contributed by atoms with Crippen LogP contribution in [0.25, 0.3) is 0 Å². The molecule has 10 heteroatoms. The lowest BCUT2D eigenvalue weighted by atomic mass is 10.1. The standard InChI is InChI=1S/C21H18F3N5O2/c22-21(23,24)16-3-1-2-15(10-16)13-28-8-9-29-18(20(28)31)11-17(27-29)19(30)26-12-14-4-6-25-7-5-14/h1-7,10-11H,8-9,12-13H2,(H,26,30). The lowest BCUT2D eigenvalue weighted by Crippen LogP contribution is -2.39. The van der Waals surface area contributed by atoms with Crippen LogP contribution in [0, 0.1) is 0 Å². The molecule has 7 nitrogen and oxygen atoms in total. The predicted octanol–water partition coefficient (Wildman–Crippen LogP) is 2.88. The maximum absolute atomic E-state index is 12.9. The first-order chi connectivity index (χ1) is 14.8. The molecule has 0 spiro atoms. The Labute approximate surface area is 175 Å². The van der Waals surface area contributed by atoms with E-state index >= 15 is 0 Å². The molecule has 0 bridgehead atoms. The fourth-order valence-corrected chi connectivity index (χ4v) is 3.34. The molecule has 31 heavy (non-hydrogen) atoms. The van der Waals surface area contributed by atoms with Crippen molar-refractivity contribution in [2.75, 3.05) is 6.54 Å². The largest absolute Gasteiger partial charge is 0.416 e. The Kier molecular flexibility index (Phi) is 5.45. The highest BCUT2D eigenvalue weighted by molar-refractivity contribution is 5.98. The summed E-state index contributed by atoms with van der Waals surface area (Å²) in [5.41, 5.74) is 0.834. The molecule has 4 rings (SSSR count). The topological polar surface area (TPSA) is 80.1 Å². The summed E-state index contributed by atoms with van der Waals surface area (Å²) in [5.74, 6) is -0.805. The van der Waals surface area contributed by atoms with Gasteiger partial charge < -0.3 is 10.2 Å². The van der Waals surface area contributed by atoms with Gasteiger partial charge in [0.15, 0.2) is 5.69 Å². The van der Waals surface area contributed by atoms with Gasteiger partial charge in [0.05, 0.1) is 12.1 Å². The van der Waals surface area contributed by atoms with Crippen LogP contribution < -0.4 is 5.32 Å². The van der Waals surface area contributed by atoms with Gasteiger partial charge in [0.1, 0.15) is 5.69 Å². The quantitative estimate of drug-likeness (QED) is 0.677. The van der Waals surface area contributed by atoms with E-state index in [4.69, 9.17) is 0 Å². The number of rotatable bonds is 5. The number of pyridine rings is 1. The SMILES string of the molecule is O=C(NCc1ccncc1)c1cc2n(n1)CCN(Cc1cccc(C(F)(F)F)c1)C2=O. The summed E-state index contributed by atoms with van der Waals surface area (Å²) in [6.45, 7) is 0.955. The Balaban J connectivity index is 1.45. The Morgan fingerprint density at radius 3 is 2.58 bits per heavy atom. The lowest BCUT2D eigenvalue weighted by Gasteiger charge is -2.27. The smallest absolute Gasteiger partial charge is 0.347 e. The summed E-state index contributed by atoms with van der Waals surface area (Å²) < 4.78 is 40.3. The normalized spacial score (nSPS) is 13.8. The third-order valence-corrected chi connectivity index (χ3v) is 4.93. The van der Waals surface area contributed by atoms with Crippen molar-refractivity contribution >= 4 is 11.8 Å². The van der Waals surface area contributed by atoms with Crippen LogP contribution in [-0.2, 0) is 25.8 Å². The number of alkyl halides is 3. The third kappa shape index (κ3) is 4.57. The van der Waals surface area contributed by atoms with Gasteiger partial charge in [-0.2, -0.15) is 18.3 Å². The summed E-state index contributed by atoms with van der Waals surface area (Å²) in [4.78, 5) is 30.6. The second kappa shape index (κ2) is 8.21. The van der Waals surface area contributed by atoms with E-state index in [-0.39, 0.29) is 30.4 Å². The van der Waals surface area contributed by atoms with Crippen LogP contribution in [-0.4, -0.2) is 38.0 Å². The molecule has 1 aliphatic heterocycles. The fraction of sp³-hybridized carbons (Fsp3) is 0.238. The second-order valence-corrected chi connectivity index (χ2v) is 7.10. The molecule has 1 N–H and O–H groups in total. The summed E-state index contributed by atoms with van der Waals surface area (Å²) in [5, 5.41) is 6.93. The molecule has 0 unspecified atom stereocenters. The van der Waals surface area contributed by atoms with Gasteiger partial charge in [-0.1, -0.05) is 12.1 Å². The van der Waals surface area contributed by atoms with Crippen molar-refractivity contribution in [2.45, 2.75) is 25.8 Å². The number of carbonyl (C=O) groups is 2. The molecular formula is C21H18F3N5O2. The van der Waals surface area contributed by atoms with Gasteiger partial charge in [-0.15, -0.1) is 0 Å². The van der Waals surface area contributed by atoms with Crippen LogP contribution in [0.5, 0.6) is 0 Å². The number of nitrogens with one attached hydrogen (secondary N) is 1. The fourth-order valence-electron chi connectivity index (χ4n) is 3.34. The molecular weight excluding hydrogens is 411 g/mol. The molecule has 0 fully saturated rings. The van der Waals surface area contributed by atoms with E-state index < -0.39 is 17.6 Å². The van der Waals surface area contributed by atoms with E-state index in [1.807, 2.05) is 0 Å². The van der Waals surface area contributed by atoms with Gasteiger partial charge in [0.2, 0.25) is 0 Å². The van der Waals surface area contributed by atoms with Crippen LogP contribution in [0.4, 0.5) is 13.2 Å². The van der Waals surface area contributed by atoms with Gasteiger partial charge in [-0.3, -0.25) is 19.3 Å². The molecule has 3 heterocycles. The van der Waals surface area contributed by atoms with Gasteiger partial charge in [-0.25, -0.2) is 0 Å². The molecule has 3 aromatic rings. The molecule has 0 radical (unpaired) electrons. The van der Waals surface area contributed by atoms with Crippen molar-refractivity contribution < 1.29 is 22.8 Å². The predicted molar refractivity (Wildman–Crippen MR) is 104 cm³/mol. The van der Waals surface area contributed by atoms with Crippen molar-refractivity contribution in [1.29, 1.82) is 0 Å². The van der Waals surface area contributed by atoms with Crippen molar-refractivity contribution in [1.82, 2.24) is 25.0 Å². The number of aromatic nitrogens is 3. The Bertz CT molecular complexity index is 1110. The van der Waals surface area contributed by atoms with Crippen molar-refractivity contribution in [3.63, 3.8) is 0 Å². The molecule has 1 aliphatic rings. The second-order valence-electron chi connectivity index (χ2n) is 7.10. The van der Waals surface area contributed by atoms with E-state index in [0.717, 1.165) is 17.7 Å². The number of carbonyl (C=O) groups excluding carboxylic acids is 2. The van der Waals surface area contributed by atoms with Crippen LogP contribution in [0.15, 0.2) is 54.9 Å². The third-order valence-electron chi connectivity index (χ3n) is 4.93. The summed E-state index contributed by atoms with van der Waals surface area (Å²) in [6.07, 6.45) is -1.21. The number of halogens is 3. The summed E-state index contributed by atoms with van der Waals surface area (Å²) >= 11 is 0. The minimum atomic E-state index is -4.45. The zero-order valence-electron chi connectivity index (χ0n) is 16.3. The first-order valence-corrected chi connectivity index (χ1v) is 9.51. The number of fused-ring (bicyclic) bond motifs is 1. The van der Waals surface area contributed by atoms with Crippen molar-refractivity contribution in [3.05, 3.63) is 82.9 Å². The maximum atomic E-state index is 12.9. The zero-order chi connectivity index (χ0) is 22.0. The molecule has 160 valence electrons. The van der Waals surface area contributed by atoms with Crippen molar-refractivity contribution in [2.24, 2.45) is 0 Å². The highest BCUT2D eigenvalue weighted by atomic mass is 19.4. The monoisotopic (exact) mass is 429 g/mol. The van der Waals surface area contributed by atoms with Gasteiger partial charge >= 0.3 is 6.18 Å². The molecule has 2 amide bonds. The van der Waals surface area contributed by atoms with Crippen LogP contribution in [0.1, 0.15) is 37.7 Å². The van der Waals surface area contributed by atoms with Gasteiger partial charge in [-0.05, 0) is 35.4 Å². The number of hydrogen-bond donors (Lipinski definition) is 1. The molecule has 0 saturated heterocycles. The highest BCUT2D eigenvalue weighted by Crippen LogP contribution is 2.30. The minimum Gasteiger partial charge on any atom is -0.347 e. The molecule has 1 aromatic carbocycles. The number of hydrogen-bond acceptors (Lipinski definition) is 4. The van der Waals surface area contributed by atoms with Gasteiger partial charge in [0.25, 0.3) is 11.8 Å². The van der Waals surface area contributed by atoms with Crippen LogP contribution >= 0.6 is 0 Å². The van der Waals surface area contributed by atoms with Crippen LogP contribution in [0.2, 0.25) is 0 Å². The maximum Gasteiger partial charge on any atom is 0.416 e.